The van der Waals surface area contributed by atoms with Gasteiger partial charge in [0.25, 0.3) is 10.0 Å². The van der Waals surface area contributed by atoms with Crippen molar-refractivity contribution in [2.75, 3.05) is 13.7 Å². The molecule has 0 radical (unpaired) electrons. The Balaban J connectivity index is 1.91. The molecule has 15 heteroatoms. The molecule has 1 aliphatic heterocycles. The lowest BCUT2D eigenvalue weighted by Crippen LogP contribution is -2.53. The van der Waals surface area contributed by atoms with Crippen LogP contribution in [0.4, 0.5) is 4.79 Å². The Morgan fingerprint density at radius 2 is 2.06 bits per heavy atom. The number of hydrazone groups is 1. The molecule has 0 aromatic carbocycles. The van der Waals surface area contributed by atoms with E-state index in [1.54, 1.807) is 32.1 Å². The first-order valence-corrected chi connectivity index (χ1v) is 10.6. The molecule has 3 heterocycles. The molecule has 3 N–H and O–H groups in total. The zero-order valence-electron chi connectivity index (χ0n) is 17.3. The molecule has 14 nitrogen and oxygen atoms in total. The molecule has 0 bridgehead atoms. The number of methoxy groups -OCH3 is 1. The van der Waals surface area contributed by atoms with Crippen molar-refractivity contribution in [2.45, 2.75) is 18.9 Å². The number of hydrogen-bond donors (Lipinski definition) is 3. The van der Waals surface area contributed by atoms with Gasteiger partial charge in [0.2, 0.25) is 5.90 Å². The van der Waals surface area contributed by atoms with Crippen molar-refractivity contribution in [3.05, 3.63) is 47.9 Å². The van der Waals surface area contributed by atoms with Crippen LogP contribution in [0.15, 0.2) is 52.5 Å². The van der Waals surface area contributed by atoms with Gasteiger partial charge in [-0.3, -0.25) is 5.43 Å². The number of allylic oxidation sites excluding steroid dienone is 1. The molecule has 0 saturated carbocycles. The molecule has 2 aromatic heterocycles. The smallest absolute Gasteiger partial charge is 0.350 e. The summed E-state index contributed by atoms with van der Waals surface area (Å²) >= 11 is 0. The zero-order valence-corrected chi connectivity index (χ0v) is 18.1. The number of aromatic nitrogens is 3. The Morgan fingerprint density at radius 1 is 1.28 bits per heavy atom. The maximum atomic E-state index is 13.1. The Kier molecular flexibility index (Phi) is 6.58. The number of esters is 1. The van der Waals surface area contributed by atoms with Gasteiger partial charge in [-0.25, -0.2) is 29.4 Å². The van der Waals surface area contributed by atoms with Gasteiger partial charge in [0.1, 0.15) is 5.56 Å². The van der Waals surface area contributed by atoms with Crippen LogP contribution in [0.25, 0.3) is 5.82 Å². The summed E-state index contributed by atoms with van der Waals surface area (Å²) in [6.45, 7) is 3.25. The Bertz CT molecular complexity index is 1170. The summed E-state index contributed by atoms with van der Waals surface area (Å²) in [6, 6.07) is 3.54. The van der Waals surface area contributed by atoms with Crippen LogP contribution in [0, 0.1) is 0 Å². The minimum absolute atomic E-state index is 0.00827. The molecule has 32 heavy (non-hydrogen) atoms. The second kappa shape index (κ2) is 9.34. The van der Waals surface area contributed by atoms with Crippen LogP contribution < -0.4 is 15.6 Å². The van der Waals surface area contributed by atoms with Gasteiger partial charge in [-0.2, -0.15) is 13.5 Å². The van der Waals surface area contributed by atoms with Gasteiger partial charge in [-0.1, -0.05) is 11.2 Å². The van der Waals surface area contributed by atoms with E-state index in [1.807, 2.05) is 4.72 Å². The molecule has 0 spiro atoms. The third kappa shape index (κ3) is 4.94. The summed E-state index contributed by atoms with van der Waals surface area (Å²) in [5.41, 5.74) is 5.06. The number of nitrogens with zero attached hydrogens (tertiary/aromatic N) is 5. The van der Waals surface area contributed by atoms with Crippen molar-refractivity contribution in [3.8, 4) is 5.82 Å². The van der Waals surface area contributed by atoms with Crippen LogP contribution in [0.3, 0.4) is 0 Å². The highest BCUT2D eigenvalue weighted by atomic mass is 32.2. The SMILES string of the molecule is CCOC(=O)c1cnn(-c2ccccn2)c1S(=O)(=O)NC(=O)NN1N=C(OC)C=C(C)N1. The van der Waals surface area contributed by atoms with E-state index < -0.39 is 27.0 Å². The molecule has 0 aliphatic carbocycles. The molecular formula is C17H20N8O6S. The van der Waals surface area contributed by atoms with Crippen molar-refractivity contribution in [1.82, 2.24) is 35.6 Å². The van der Waals surface area contributed by atoms with Crippen LogP contribution in [-0.2, 0) is 19.5 Å². The maximum Gasteiger partial charge on any atom is 0.350 e. The fourth-order valence-electron chi connectivity index (χ4n) is 2.57. The average molecular weight is 464 g/mol. The van der Waals surface area contributed by atoms with Gasteiger partial charge >= 0.3 is 12.0 Å². The van der Waals surface area contributed by atoms with Gasteiger partial charge in [-0.05, 0) is 26.0 Å². The average Bonchev–Trinajstić information content (AvgIpc) is 3.20. The number of rotatable bonds is 6. The van der Waals surface area contributed by atoms with Crippen LogP contribution in [-0.4, -0.2) is 60.0 Å². The molecule has 0 atom stereocenters. The fraction of sp³-hybridized carbons (Fsp3) is 0.235. The first kappa shape index (κ1) is 22.5. The summed E-state index contributed by atoms with van der Waals surface area (Å²) < 4.78 is 38.8. The van der Waals surface area contributed by atoms with E-state index in [4.69, 9.17) is 9.47 Å². The number of ether oxygens (including phenoxy) is 2. The lowest BCUT2D eigenvalue weighted by atomic mass is 10.4. The third-order valence-electron chi connectivity index (χ3n) is 3.81. The van der Waals surface area contributed by atoms with Crippen LogP contribution in [0.1, 0.15) is 24.2 Å². The largest absolute Gasteiger partial charge is 0.480 e. The van der Waals surface area contributed by atoms with Gasteiger partial charge < -0.3 is 9.47 Å². The number of carbonyl (C=O) groups excluding carboxylic acids is 2. The predicted molar refractivity (Wildman–Crippen MR) is 109 cm³/mol. The number of nitrogens with one attached hydrogen (secondary N) is 3. The molecule has 2 amide bonds. The highest BCUT2D eigenvalue weighted by Crippen LogP contribution is 2.20. The van der Waals surface area contributed by atoms with Gasteiger partial charge in [0.05, 0.1) is 19.9 Å². The van der Waals surface area contributed by atoms with Crippen molar-refractivity contribution < 1.29 is 27.5 Å². The van der Waals surface area contributed by atoms with E-state index >= 15 is 0 Å². The molecule has 0 unspecified atom stereocenters. The van der Waals surface area contributed by atoms with E-state index in [0.717, 1.165) is 16.1 Å². The topological polar surface area (TPSA) is 169 Å². The van der Waals surface area contributed by atoms with E-state index in [-0.39, 0.29) is 23.9 Å². The van der Waals surface area contributed by atoms with Gasteiger partial charge in [0.15, 0.2) is 10.8 Å². The van der Waals surface area contributed by atoms with Crippen LogP contribution in [0.2, 0.25) is 0 Å². The molecule has 0 fully saturated rings. The van der Waals surface area contributed by atoms with Crippen molar-refractivity contribution in [2.24, 2.45) is 5.10 Å². The third-order valence-corrected chi connectivity index (χ3v) is 5.16. The summed E-state index contributed by atoms with van der Waals surface area (Å²) in [7, 11) is -3.24. The quantitative estimate of drug-likeness (QED) is 0.496. The normalized spacial score (nSPS) is 13.4. The number of hydrazine groups is 2. The number of hydrogen-bond acceptors (Lipinski definition) is 11. The van der Waals surface area contributed by atoms with Crippen LogP contribution in [0.5, 0.6) is 0 Å². The van der Waals surface area contributed by atoms with E-state index in [2.05, 4.69) is 26.0 Å². The minimum Gasteiger partial charge on any atom is -0.480 e. The lowest BCUT2D eigenvalue weighted by Gasteiger charge is -2.25. The zero-order chi connectivity index (χ0) is 23.3. The standard InChI is InChI=1S/C17H20N8O6S/c1-4-31-16(26)12-10-19-24(13-7-5-6-8-18-13)15(12)32(28,29)23-17(27)22-25-20-11(2)9-14(21-25)30-3/h5-10,20H,4H2,1-3H3,(H2,22,23,27). The second-order valence-corrected chi connectivity index (χ2v) is 7.72. The number of sulfonamides is 1. The van der Waals surface area contributed by atoms with Crippen LogP contribution >= 0.6 is 0 Å². The summed E-state index contributed by atoms with van der Waals surface area (Å²) in [5.74, 6) is -0.651. The number of urea groups is 1. The first-order valence-electron chi connectivity index (χ1n) is 9.12. The van der Waals surface area contributed by atoms with Gasteiger partial charge in [-0.15, -0.1) is 5.23 Å². The summed E-state index contributed by atoms with van der Waals surface area (Å²) in [4.78, 5) is 28.8. The maximum absolute atomic E-state index is 13.1. The molecular weight excluding hydrogens is 444 g/mol. The molecule has 2 aromatic rings. The number of carbonyl (C=O) groups is 2. The monoisotopic (exact) mass is 464 g/mol. The molecule has 0 saturated heterocycles. The number of pyridine rings is 1. The van der Waals surface area contributed by atoms with Crippen molar-refractivity contribution in [3.63, 3.8) is 0 Å². The lowest BCUT2D eigenvalue weighted by molar-refractivity contribution is 0.0521. The second-order valence-electron chi connectivity index (χ2n) is 6.12. The van der Waals surface area contributed by atoms with E-state index in [1.165, 1.54) is 19.4 Å². The Morgan fingerprint density at radius 3 is 2.72 bits per heavy atom. The molecule has 3 rings (SSSR count). The Labute approximate surface area is 182 Å². The molecule has 1 aliphatic rings. The van der Waals surface area contributed by atoms with Crippen molar-refractivity contribution >= 4 is 27.9 Å². The number of amides is 2. The fourth-order valence-corrected chi connectivity index (χ4v) is 3.75. The summed E-state index contributed by atoms with van der Waals surface area (Å²) in [6.07, 6.45) is 4.00. The first-order chi connectivity index (χ1) is 15.2. The predicted octanol–water partition coefficient (Wildman–Crippen LogP) is 0.0308. The highest BCUT2D eigenvalue weighted by Gasteiger charge is 2.32. The minimum atomic E-state index is -4.62. The van der Waals surface area contributed by atoms with Crippen molar-refractivity contribution in [1.29, 1.82) is 0 Å². The van der Waals surface area contributed by atoms with E-state index in [9.17, 15) is 18.0 Å². The summed E-state index contributed by atoms with van der Waals surface area (Å²) in [5, 5.41) is 8.08. The van der Waals surface area contributed by atoms with Gasteiger partial charge in [0, 0.05) is 18.0 Å². The highest BCUT2D eigenvalue weighted by molar-refractivity contribution is 7.90. The molecule has 170 valence electrons. The Hall–Kier alpha value is -4.14. The van der Waals surface area contributed by atoms with E-state index in [0.29, 0.717) is 5.70 Å².